The quantitative estimate of drug-likeness (QED) is 0.250. The topological polar surface area (TPSA) is 102 Å². The molecule has 1 aliphatic heterocycles. The summed E-state index contributed by atoms with van der Waals surface area (Å²) in [6.07, 6.45) is -0.0713. The predicted molar refractivity (Wildman–Crippen MR) is 112 cm³/mol. The van der Waals surface area contributed by atoms with Crippen LogP contribution in [-0.2, 0) is 4.74 Å². The van der Waals surface area contributed by atoms with Crippen molar-refractivity contribution in [2.75, 3.05) is 18.1 Å². The Hall–Kier alpha value is -4.04. The molecule has 0 aliphatic carbocycles. The van der Waals surface area contributed by atoms with Gasteiger partial charge in [0.05, 0.1) is 17.2 Å². The number of nitrogens with zero attached hydrogens (tertiary/aromatic N) is 2. The highest BCUT2D eigenvalue weighted by Gasteiger charge is 2.29. The Balaban J connectivity index is 1.70. The summed E-state index contributed by atoms with van der Waals surface area (Å²) in [5.74, 6) is -1.18. The van der Waals surface area contributed by atoms with E-state index in [-0.39, 0.29) is 29.7 Å². The van der Waals surface area contributed by atoms with Gasteiger partial charge in [-0.1, -0.05) is 36.4 Å². The molecule has 1 fully saturated rings. The van der Waals surface area contributed by atoms with Crippen LogP contribution in [0.2, 0.25) is 0 Å². The number of epoxide rings is 1. The Morgan fingerprint density at radius 3 is 2.19 bits per heavy atom. The van der Waals surface area contributed by atoms with Gasteiger partial charge in [0.25, 0.3) is 11.8 Å². The molecular formula is C23H18N2O6. The Morgan fingerprint density at radius 1 is 0.968 bits per heavy atom. The summed E-state index contributed by atoms with van der Waals surface area (Å²) >= 11 is 0. The third-order valence-electron chi connectivity index (χ3n) is 4.67. The van der Waals surface area contributed by atoms with Crippen molar-refractivity contribution in [2.45, 2.75) is 6.10 Å². The zero-order valence-corrected chi connectivity index (χ0v) is 16.3. The highest BCUT2D eigenvalue weighted by molar-refractivity contribution is 6.25. The molecule has 1 saturated heterocycles. The highest BCUT2D eigenvalue weighted by atomic mass is 16.6. The van der Waals surface area contributed by atoms with Gasteiger partial charge >= 0.3 is 5.69 Å². The minimum atomic E-state index is -0.680. The molecule has 1 atom stereocenters. The van der Waals surface area contributed by atoms with Crippen LogP contribution in [0.15, 0.2) is 78.9 Å². The van der Waals surface area contributed by atoms with E-state index in [1.165, 1.54) is 12.1 Å². The molecule has 2 amide bonds. The molecule has 3 aromatic carbocycles. The van der Waals surface area contributed by atoms with Crippen molar-refractivity contribution in [3.05, 3.63) is 100 Å². The van der Waals surface area contributed by atoms with E-state index >= 15 is 0 Å². The molecule has 1 unspecified atom stereocenters. The number of carbonyl (C=O) groups excluding carboxylic acids is 2. The summed E-state index contributed by atoms with van der Waals surface area (Å²) in [7, 11) is 0. The summed E-state index contributed by atoms with van der Waals surface area (Å²) in [5, 5.41) is 11.6. The molecule has 1 heterocycles. The van der Waals surface area contributed by atoms with E-state index in [1.54, 1.807) is 60.7 Å². The number of carbonyl (C=O) groups is 2. The number of nitro groups is 1. The van der Waals surface area contributed by atoms with Crippen LogP contribution in [0.25, 0.3) is 0 Å². The van der Waals surface area contributed by atoms with Crippen LogP contribution in [-0.4, -0.2) is 36.1 Å². The normalized spacial score (nSPS) is 14.5. The van der Waals surface area contributed by atoms with Crippen LogP contribution in [0.4, 0.5) is 11.4 Å². The molecule has 8 heteroatoms. The maximum absolute atomic E-state index is 13.3. The van der Waals surface area contributed by atoms with Crippen LogP contribution in [0, 0.1) is 10.1 Å². The first-order valence-electron chi connectivity index (χ1n) is 9.56. The Bertz CT molecular complexity index is 1110. The molecule has 1 aliphatic rings. The van der Waals surface area contributed by atoms with Crippen molar-refractivity contribution in [3.63, 3.8) is 0 Å². The van der Waals surface area contributed by atoms with Gasteiger partial charge in [0, 0.05) is 17.2 Å². The fourth-order valence-electron chi connectivity index (χ4n) is 3.00. The number of para-hydroxylation sites is 1. The maximum Gasteiger partial charge on any atom is 0.311 e. The molecule has 0 aromatic heterocycles. The zero-order chi connectivity index (χ0) is 21.8. The van der Waals surface area contributed by atoms with Gasteiger partial charge < -0.3 is 9.47 Å². The second-order valence-corrected chi connectivity index (χ2v) is 6.85. The summed E-state index contributed by atoms with van der Waals surface area (Å²) < 4.78 is 10.5. The number of amides is 2. The van der Waals surface area contributed by atoms with Gasteiger partial charge in [0.1, 0.15) is 12.7 Å². The van der Waals surface area contributed by atoms with Crippen molar-refractivity contribution in [3.8, 4) is 5.75 Å². The van der Waals surface area contributed by atoms with Crippen molar-refractivity contribution in [1.29, 1.82) is 0 Å². The lowest BCUT2D eigenvalue weighted by Gasteiger charge is -2.21. The summed E-state index contributed by atoms with van der Waals surface area (Å²) in [5.41, 5.74) is 0.315. The standard InChI is InChI=1S/C23H18N2O6/c26-22(16-7-3-1-4-8-16)24(18-9-5-2-6-10-18)23(27)17-11-12-21(20(13-17)25(28)29)31-15-19-14-30-19/h1-13,19H,14-15H2. The van der Waals surface area contributed by atoms with E-state index in [2.05, 4.69) is 0 Å². The van der Waals surface area contributed by atoms with E-state index in [1.807, 2.05) is 0 Å². The molecule has 0 N–H and O–H groups in total. The molecule has 4 rings (SSSR count). The molecule has 31 heavy (non-hydrogen) atoms. The Morgan fingerprint density at radius 2 is 1.58 bits per heavy atom. The summed E-state index contributed by atoms with van der Waals surface area (Å²) in [4.78, 5) is 38.4. The molecule has 0 bridgehead atoms. The van der Waals surface area contributed by atoms with Gasteiger partial charge in [-0.15, -0.1) is 0 Å². The zero-order valence-electron chi connectivity index (χ0n) is 16.3. The maximum atomic E-state index is 13.3. The van der Waals surface area contributed by atoms with Crippen molar-refractivity contribution < 1.29 is 24.0 Å². The SMILES string of the molecule is O=C(c1ccccc1)N(C(=O)c1ccc(OCC2CO2)c([N+](=O)[O-])c1)c1ccccc1. The van der Waals surface area contributed by atoms with Crippen LogP contribution in [0.5, 0.6) is 5.75 Å². The number of imide groups is 1. The van der Waals surface area contributed by atoms with E-state index in [9.17, 15) is 19.7 Å². The van der Waals surface area contributed by atoms with Gasteiger partial charge in [0.15, 0.2) is 5.75 Å². The minimum Gasteiger partial charge on any atom is -0.484 e. The molecule has 0 radical (unpaired) electrons. The second kappa shape index (κ2) is 8.76. The molecular weight excluding hydrogens is 400 g/mol. The smallest absolute Gasteiger partial charge is 0.311 e. The Kier molecular flexibility index (Phi) is 5.72. The third-order valence-corrected chi connectivity index (χ3v) is 4.67. The predicted octanol–water partition coefficient (Wildman–Crippen LogP) is 3.86. The first-order valence-corrected chi connectivity index (χ1v) is 9.56. The first kappa shape index (κ1) is 20.2. The lowest BCUT2D eigenvalue weighted by atomic mass is 10.1. The lowest BCUT2D eigenvalue weighted by molar-refractivity contribution is -0.385. The van der Waals surface area contributed by atoms with Gasteiger partial charge in [-0.05, 0) is 36.4 Å². The number of hydrogen-bond donors (Lipinski definition) is 0. The Labute approximate surface area is 177 Å². The van der Waals surface area contributed by atoms with Crippen molar-refractivity contribution >= 4 is 23.2 Å². The number of anilines is 1. The first-order chi connectivity index (χ1) is 15.0. The van der Waals surface area contributed by atoms with Crippen molar-refractivity contribution in [1.82, 2.24) is 0 Å². The monoisotopic (exact) mass is 418 g/mol. The molecule has 156 valence electrons. The van der Waals surface area contributed by atoms with Gasteiger partial charge in [-0.25, -0.2) is 4.90 Å². The molecule has 8 nitrogen and oxygen atoms in total. The van der Waals surface area contributed by atoms with E-state index < -0.39 is 16.7 Å². The van der Waals surface area contributed by atoms with Gasteiger partial charge in [-0.2, -0.15) is 0 Å². The van der Waals surface area contributed by atoms with E-state index in [4.69, 9.17) is 9.47 Å². The van der Waals surface area contributed by atoms with Crippen molar-refractivity contribution in [2.24, 2.45) is 0 Å². The highest BCUT2D eigenvalue weighted by Crippen LogP contribution is 2.30. The number of ether oxygens (including phenoxy) is 2. The van der Waals surface area contributed by atoms with Crippen LogP contribution < -0.4 is 9.64 Å². The van der Waals surface area contributed by atoms with E-state index in [0.717, 1.165) is 11.0 Å². The largest absolute Gasteiger partial charge is 0.484 e. The minimum absolute atomic E-state index is 0.00476. The fourth-order valence-corrected chi connectivity index (χ4v) is 3.00. The summed E-state index contributed by atoms with van der Waals surface area (Å²) in [6.45, 7) is 0.745. The lowest BCUT2D eigenvalue weighted by Crippen LogP contribution is -2.37. The third kappa shape index (κ3) is 4.59. The second-order valence-electron chi connectivity index (χ2n) is 6.85. The fraction of sp³-hybridized carbons (Fsp3) is 0.130. The average Bonchev–Trinajstić information content (AvgIpc) is 3.63. The van der Waals surface area contributed by atoms with Gasteiger partial charge in [0.2, 0.25) is 0 Å². The van der Waals surface area contributed by atoms with E-state index in [0.29, 0.717) is 17.9 Å². The molecule has 0 saturated carbocycles. The van der Waals surface area contributed by atoms with Crippen LogP contribution in [0.1, 0.15) is 20.7 Å². The number of nitro benzene ring substituents is 1. The van der Waals surface area contributed by atoms with Crippen LogP contribution >= 0.6 is 0 Å². The number of benzene rings is 3. The number of hydrogen-bond acceptors (Lipinski definition) is 6. The summed E-state index contributed by atoms with van der Waals surface area (Å²) in [6, 6.07) is 20.7. The van der Waals surface area contributed by atoms with Crippen LogP contribution in [0.3, 0.4) is 0 Å². The molecule has 0 spiro atoms. The average molecular weight is 418 g/mol. The van der Waals surface area contributed by atoms with Gasteiger partial charge in [-0.3, -0.25) is 19.7 Å². The number of rotatable bonds is 7. The molecule has 3 aromatic rings.